The minimum absolute atomic E-state index is 0.151. The molecule has 0 N–H and O–H groups in total. The molecule has 6 nitrogen and oxygen atoms in total. The Labute approximate surface area is 245 Å². The third kappa shape index (κ3) is 3.94. The Kier molecular flexibility index (Phi) is 6.92. The van der Waals surface area contributed by atoms with Gasteiger partial charge in [-0.25, -0.2) is 0 Å². The predicted octanol–water partition coefficient (Wildman–Crippen LogP) is 7.79. The number of aryl methyl sites for hydroxylation is 1. The average Bonchev–Trinajstić information content (AvgIpc) is 3.12. The molecule has 2 aliphatic heterocycles. The van der Waals surface area contributed by atoms with Gasteiger partial charge in [0.2, 0.25) is 0 Å². The predicted molar refractivity (Wildman–Crippen MR) is 148 cm³/mol. The van der Waals surface area contributed by atoms with Crippen LogP contribution in [-0.2, 0) is 4.79 Å². The Morgan fingerprint density at radius 3 is 1.89 bits per heavy atom. The van der Waals surface area contributed by atoms with Crippen LogP contribution < -0.4 is 9.64 Å². The third-order valence-electron chi connectivity index (χ3n) is 6.43. The van der Waals surface area contributed by atoms with Crippen molar-refractivity contribution in [1.82, 2.24) is 4.90 Å². The van der Waals surface area contributed by atoms with Crippen LogP contribution in [0.5, 0.6) is 5.75 Å². The molecule has 2 heterocycles. The van der Waals surface area contributed by atoms with Crippen LogP contribution in [0.3, 0.4) is 0 Å². The fourth-order valence-corrected chi connectivity index (χ4v) is 6.31. The van der Waals surface area contributed by atoms with Crippen LogP contribution in [0, 0.1) is 6.92 Å². The van der Waals surface area contributed by atoms with Crippen molar-refractivity contribution in [2.24, 2.45) is 0 Å². The van der Waals surface area contributed by atoms with Gasteiger partial charge in [-0.15, -0.1) is 0 Å². The Hall–Kier alpha value is -2.00. The zero-order valence-electron chi connectivity index (χ0n) is 18.9. The highest BCUT2D eigenvalue weighted by Gasteiger charge is 2.58. The molecular weight excluding hydrogens is 649 g/mol. The van der Waals surface area contributed by atoms with Crippen LogP contribution in [0.4, 0.5) is 5.69 Å². The number of imide groups is 1. The molecule has 1 fully saturated rings. The van der Waals surface area contributed by atoms with E-state index >= 15 is 0 Å². The van der Waals surface area contributed by atoms with Gasteiger partial charge >= 0.3 is 0 Å². The number of nitrogens with zero attached hydrogens (tertiary/aromatic N) is 2. The monoisotopic (exact) mass is 660 g/mol. The summed E-state index contributed by atoms with van der Waals surface area (Å²) in [6, 6.07) is 8.47. The number of hydrogen-bond acceptors (Lipinski definition) is 4. The van der Waals surface area contributed by atoms with Crippen molar-refractivity contribution in [3.63, 3.8) is 0 Å². The summed E-state index contributed by atoms with van der Waals surface area (Å²) < 4.78 is 5.95. The maximum Gasteiger partial charge on any atom is 0.264 e. The summed E-state index contributed by atoms with van der Waals surface area (Å²) in [4.78, 5) is 43.1. The molecule has 2 atom stereocenters. The van der Waals surface area contributed by atoms with E-state index in [2.05, 4.69) is 15.9 Å². The molecule has 1 saturated heterocycles. The number of fused-ring (bicyclic) bond motifs is 1. The van der Waals surface area contributed by atoms with Crippen molar-refractivity contribution in [1.29, 1.82) is 0 Å². The number of rotatable bonds is 4. The van der Waals surface area contributed by atoms with E-state index in [4.69, 9.17) is 62.7 Å². The molecule has 0 aromatic heterocycles. The van der Waals surface area contributed by atoms with E-state index in [1.165, 1.54) is 12.0 Å². The van der Waals surface area contributed by atoms with Crippen LogP contribution in [0.2, 0.25) is 25.1 Å². The van der Waals surface area contributed by atoms with Crippen LogP contribution >= 0.6 is 73.9 Å². The SMILES string of the molecule is COc1ccc([C@H]2[C@H](N3C(=O)c4c(Cl)c(Cl)c(Cl)c(Cl)c4C3=O)C(=O)N2c2ccc(C)c(Cl)c2)cc1Br. The van der Waals surface area contributed by atoms with Crippen molar-refractivity contribution in [3.05, 3.63) is 88.2 Å². The molecule has 0 radical (unpaired) electrons. The number of methoxy groups -OCH3 is 1. The molecule has 5 rings (SSSR count). The Bertz CT molecular complexity index is 1500. The van der Waals surface area contributed by atoms with Gasteiger partial charge in [-0.1, -0.05) is 70.1 Å². The molecule has 12 heteroatoms. The molecule has 190 valence electrons. The Morgan fingerprint density at radius 2 is 1.38 bits per heavy atom. The molecule has 0 spiro atoms. The largest absolute Gasteiger partial charge is 0.496 e. The first-order chi connectivity index (χ1) is 17.5. The van der Waals surface area contributed by atoms with Crippen LogP contribution in [0.1, 0.15) is 37.9 Å². The van der Waals surface area contributed by atoms with E-state index in [0.29, 0.717) is 26.5 Å². The highest BCUT2D eigenvalue weighted by atomic mass is 79.9. The molecule has 3 aromatic carbocycles. The number of anilines is 1. The van der Waals surface area contributed by atoms with E-state index in [0.717, 1.165) is 10.5 Å². The number of halogens is 6. The summed E-state index contributed by atoms with van der Waals surface area (Å²) in [5.41, 5.74) is 1.60. The van der Waals surface area contributed by atoms with Crippen molar-refractivity contribution in [3.8, 4) is 5.75 Å². The molecule has 2 aliphatic rings. The lowest BCUT2D eigenvalue weighted by Crippen LogP contribution is -2.67. The summed E-state index contributed by atoms with van der Waals surface area (Å²) in [6.45, 7) is 1.84. The number of carbonyl (C=O) groups excluding carboxylic acids is 3. The molecule has 0 aliphatic carbocycles. The third-order valence-corrected chi connectivity index (χ3v) is 9.26. The fraction of sp³-hybridized carbons (Fsp3) is 0.160. The molecule has 37 heavy (non-hydrogen) atoms. The van der Waals surface area contributed by atoms with Gasteiger partial charge in [0.05, 0.1) is 48.8 Å². The standard InChI is InChI=1S/C25H14BrCl5N2O4/c1-9-3-5-11(8-13(9)27)32-21(10-4-6-14(37-2)12(26)7-10)22(25(32)36)33-23(34)15-16(24(33)35)18(29)20(31)19(30)17(15)28/h3-8,21-22H,1-2H3/t21-,22-/m0/s1. The Morgan fingerprint density at radius 1 is 0.784 bits per heavy atom. The molecule has 0 bridgehead atoms. The van der Waals surface area contributed by atoms with Crippen molar-refractivity contribution < 1.29 is 19.1 Å². The summed E-state index contributed by atoms with van der Waals surface area (Å²) in [5, 5.41) is -0.246. The average molecular weight is 664 g/mol. The number of β-lactam (4-membered cyclic amide) rings is 1. The first-order valence-corrected chi connectivity index (χ1v) is 13.3. The zero-order valence-corrected chi connectivity index (χ0v) is 24.3. The van der Waals surface area contributed by atoms with Gasteiger partial charge in [0.1, 0.15) is 11.8 Å². The second kappa shape index (κ2) is 9.63. The lowest BCUT2D eigenvalue weighted by atomic mass is 9.86. The second-order valence-corrected chi connectivity index (χ2v) is 11.2. The van der Waals surface area contributed by atoms with E-state index in [-0.39, 0.29) is 31.2 Å². The maximum atomic E-state index is 13.7. The molecular formula is C25H14BrCl5N2O4. The van der Waals surface area contributed by atoms with Crippen molar-refractivity contribution >= 4 is 97.3 Å². The normalized spacial score (nSPS) is 18.9. The highest BCUT2D eigenvalue weighted by Crippen LogP contribution is 2.50. The van der Waals surface area contributed by atoms with Gasteiger partial charge in [0.15, 0.2) is 0 Å². The minimum atomic E-state index is -1.20. The lowest BCUT2D eigenvalue weighted by molar-refractivity contribution is -0.130. The van der Waals surface area contributed by atoms with Crippen molar-refractivity contribution in [2.45, 2.75) is 19.0 Å². The van der Waals surface area contributed by atoms with E-state index in [1.807, 2.05) is 6.92 Å². The number of hydrogen-bond donors (Lipinski definition) is 0. The van der Waals surface area contributed by atoms with E-state index < -0.39 is 29.8 Å². The molecule has 0 unspecified atom stereocenters. The zero-order chi connectivity index (χ0) is 26.9. The van der Waals surface area contributed by atoms with Crippen LogP contribution in [-0.4, -0.2) is 35.8 Å². The van der Waals surface area contributed by atoms with Gasteiger partial charge in [0.25, 0.3) is 17.7 Å². The summed E-state index contributed by atoms with van der Waals surface area (Å²) in [6.07, 6.45) is 0. The van der Waals surface area contributed by atoms with Gasteiger partial charge in [-0.3, -0.25) is 19.3 Å². The van der Waals surface area contributed by atoms with Gasteiger partial charge < -0.3 is 9.64 Å². The first-order valence-electron chi connectivity index (χ1n) is 10.7. The minimum Gasteiger partial charge on any atom is -0.496 e. The smallest absolute Gasteiger partial charge is 0.264 e. The first kappa shape index (κ1) is 26.6. The second-order valence-electron chi connectivity index (χ2n) is 8.41. The quantitative estimate of drug-likeness (QED) is 0.124. The van der Waals surface area contributed by atoms with E-state index in [9.17, 15) is 14.4 Å². The summed E-state index contributed by atoms with van der Waals surface area (Å²) >= 11 is 34.7. The molecule has 3 aromatic rings. The van der Waals surface area contributed by atoms with E-state index in [1.54, 1.807) is 36.4 Å². The van der Waals surface area contributed by atoms with Crippen LogP contribution in [0.25, 0.3) is 0 Å². The van der Waals surface area contributed by atoms with Gasteiger partial charge in [-0.05, 0) is 58.2 Å². The molecule has 0 saturated carbocycles. The van der Waals surface area contributed by atoms with Gasteiger partial charge in [0, 0.05) is 10.7 Å². The number of carbonyl (C=O) groups is 3. The van der Waals surface area contributed by atoms with Crippen LogP contribution in [0.15, 0.2) is 40.9 Å². The Balaban J connectivity index is 1.65. The fourth-order valence-electron chi connectivity index (χ4n) is 4.56. The maximum absolute atomic E-state index is 13.7. The molecule has 3 amide bonds. The number of benzene rings is 3. The number of amides is 3. The highest BCUT2D eigenvalue weighted by molar-refractivity contribution is 9.10. The van der Waals surface area contributed by atoms with Gasteiger partial charge in [-0.2, -0.15) is 0 Å². The lowest BCUT2D eigenvalue weighted by Gasteiger charge is -2.50. The summed E-state index contributed by atoms with van der Waals surface area (Å²) in [5.74, 6) is -1.50. The topological polar surface area (TPSA) is 66.9 Å². The van der Waals surface area contributed by atoms with Crippen molar-refractivity contribution in [2.75, 3.05) is 12.0 Å². The summed E-state index contributed by atoms with van der Waals surface area (Å²) in [7, 11) is 1.53. The number of ether oxygens (including phenoxy) is 1.